The van der Waals surface area contributed by atoms with Crippen LogP contribution >= 0.6 is 0 Å². The first-order chi connectivity index (χ1) is 28.4. The van der Waals surface area contributed by atoms with Gasteiger partial charge in [-0.1, -0.05) is 0 Å². The number of hydrogen-bond donors (Lipinski definition) is 13. The van der Waals surface area contributed by atoms with Gasteiger partial charge in [-0.15, -0.1) is 0 Å². The van der Waals surface area contributed by atoms with E-state index >= 15 is 0 Å². The molecular weight excluding hydrogens is 812 g/mol. The number of phenolic OH excluding ortho intramolecular Hbond substituents is 4. The number of aromatic hydroxyl groups is 4. The Labute approximate surface area is 337 Å². The molecule has 0 unspecified atom stereocenters. The second kappa shape index (κ2) is 17.8. The molecule has 23 nitrogen and oxygen atoms in total. The fourth-order valence-electron chi connectivity index (χ4n) is 7.22. The molecule has 0 spiro atoms. The molecule has 23 heteroatoms. The molecule has 0 radical (unpaired) electrons. The van der Waals surface area contributed by atoms with Gasteiger partial charge in [0.1, 0.15) is 83.5 Å². The molecule has 1 aromatic heterocycles. The Hall–Kier alpha value is -3.99. The summed E-state index contributed by atoms with van der Waals surface area (Å²) in [6.07, 6.45) is -28.1. The minimum atomic E-state index is -2.07. The van der Waals surface area contributed by atoms with Crippen LogP contribution in [0.15, 0.2) is 39.5 Å². The zero-order valence-corrected chi connectivity index (χ0v) is 31.4. The zero-order valence-electron chi connectivity index (χ0n) is 31.4. The van der Waals surface area contributed by atoms with Gasteiger partial charge in [0, 0.05) is 24.1 Å². The van der Waals surface area contributed by atoms with Crippen LogP contribution in [0.2, 0.25) is 0 Å². The molecule has 3 aromatic rings. The number of fused-ring (bicyclic) bond motifs is 1. The number of ether oxygens (including phenoxy) is 8. The van der Waals surface area contributed by atoms with Crippen LogP contribution in [0.5, 0.6) is 28.7 Å². The molecule has 0 aliphatic carbocycles. The highest BCUT2D eigenvalue weighted by Gasteiger charge is 2.53. The average molecular weight is 859 g/mol. The van der Waals surface area contributed by atoms with Crippen LogP contribution in [0.1, 0.15) is 13.3 Å². The zero-order chi connectivity index (χ0) is 43.3. The summed E-state index contributed by atoms with van der Waals surface area (Å²) in [5.41, 5.74) is -1.50. The number of aliphatic hydroxyl groups excluding tert-OH is 9. The monoisotopic (exact) mass is 858 g/mol. The van der Waals surface area contributed by atoms with E-state index in [2.05, 4.69) is 0 Å². The summed E-state index contributed by atoms with van der Waals surface area (Å²) >= 11 is 0. The van der Waals surface area contributed by atoms with Crippen molar-refractivity contribution in [3.63, 3.8) is 0 Å². The molecule has 4 fully saturated rings. The second-order valence-electron chi connectivity index (χ2n) is 14.9. The van der Waals surface area contributed by atoms with E-state index in [-0.39, 0.29) is 24.2 Å². The highest BCUT2D eigenvalue weighted by Crippen LogP contribution is 2.40. The largest absolute Gasteiger partial charge is 0.508 e. The number of rotatable bonds is 10. The van der Waals surface area contributed by atoms with Crippen molar-refractivity contribution in [2.24, 2.45) is 0 Å². The predicted molar refractivity (Wildman–Crippen MR) is 192 cm³/mol. The highest BCUT2D eigenvalue weighted by molar-refractivity contribution is 5.88. The third-order valence-corrected chi connectivity index (χ3v) is 10.6. The fraction of sp³-hybridized carbons (Fsp3) is 0.595. The van der Waals surface area contributed by atoms with Crippen LogP contribution in [0.4, 0.5) is 0 Å². The molecule has 17 atom stereocenters. The number of hydrogen-bond acceptors (Lipinski definition) is 23. The molecule has 4 aliphatic rings. The van der Waals surface area contributed by atoms with Crippen molar-refractivity contribution in [3.8, 4) is 40.1 Å². The summed E-state index contributed by atoms with van der Waals surface area (Å²) in [5, 5.41) is 136. The summed E-state index contributed by atoms with van der Waals surface area (Å²) in [7, 11) is 0. The Balaban J connectivity index is 1.23. The van der Waals surface area contributed by atoms with Crippen molar-refractivity contribution >= 4 is 11.0 Å². The van der Waals surface area contributed by atoms with Crippen LogP contribution in [0.3, 0.4) is 0 Å². The van der Waals surface area contributed by atoms with Gasteiger partial charge in [-0.3, -0.25) is 4.79 Å². The van der Waals surface area contributed by atoms with Crippen LogP contribution in [0, 0.1) is 0 Å². The average Bonchev–Trinajstić information content (AvgIpc) is 3.20. The lowest BCUT2D eigenvalue weighted by molar-refractivity contribution is -0.370. The Bertz CT molecular complexity index is 2030. The molecule has 332 valence electrons. The minimum absolute atomic E-state index is 0.0829. The molecule has 4 saturated heterocycles. The smallest absolute Gasteiger partial charge is 0.239 e. The topological polar surface area (TPSA) is 367 Å². The second-order valence-corrected chi connectivity index (χ2v) is 14.9. The molecule has 0 amide bonds. The van der Waals surface area contributed by atoms with Crippen molar-refractivity contribution in [2.45, 2.75) is 118 Å². The first-order valence-electron chi connectivity index (χ1n) is 18.7. The van der Waals surface area contributed by atoms with E-state index in [4.69, 9.17) is 42.3 Å². The Kier molecular flexibility index (Phi) is 13.1. The van der Waals surface area contributed by atoms with Gasteiger partial charge in [-0.25, -0.2) is 0 Å². The van der Waals surface area contributed by atoms with Crippen LogP contribution in [0.25, 0.3) is 22.3 Å². The Morgan fingerprint density at radius 3 is 2.10 bits per heavy atom. The maximum absolute atomic E-state index is 14.2. The quantitative estimate of drug-likeness (QED) is 0.0872. The van der Waals surface area contributed by atoms with Gasteiger partial charge in [-0.05, 0) is 25.1 Å². The summed E-state index contributed by atoms with van der Waals surface area (Å²) < 4.78 is 52.1. The SMILES string of the molecule is C[C@@H]1O[C@@H](Oc2c(-c3ccc(O)c(O)c3)oc3cc(O)cc(O)c3c2=O)[C@H](O[C@@H]2O[C@H](CO[C@@H]3OC[C@@H](O)[C@H](O)[C@H]3O)[C@@H](O)[C@H](O)[C@H]2O)[C@H](O)[C@H]1O[C@H]1C[C@@H](O)[C@H](O)CO1. The molecule has 0 saturated carbocycles. The van der Waals surface area contributed by atoms with Crippen molar-refractivity contribution in [1.82, 2.24) is 0 Å². The van der Waals surface area contributed by atoms with Gasteiger partial charge in [0.15, 0.2) is 42.2 Å². The van der Waals surface area contributed by atoms with Crippen LogP contribution in [-0.2, 0) is 33.2 Å². The maximum Gasteiger partial charge on any atom is 0.239 e. The first-order valence-corrected chi connectivity index (χ1v) is 18.7. The van der Waals surface area contributed by atoms with Gasteiger partial charge in [-0.2, -0.15) is 0 Å². The standard InChI is InChI=1S/C37H46O23/c1-11-31(58-22-7-16(41)18(43)8-52-22)30(51)34(60-36-29(50)27(48)25(46)21(57-36)10-54-35-28(49)24(45)19(44)9-53-35)37(55-11)59-33-26(47)23-17(42)5-13(38)6-20(23)56-32(33)12-2-3-14(39)15(40)4-12/h2-6,11,16,18-19,21-22,24-25,27-31,34-46,48-51H,7-10H2,1H3/t11-,16+,18+,19+,21+,22-,24-,25+,27-,28+,29+,30+,31-,34+,35-,36-,37-/m0/s1. The number of aliphatic hydroxyl groups is 9. The van der Waals surface area contributed by atoms with Gasteiger partial charge in [0.25, 0.3) is 0 Å². The lowest BCUT2D eigenvalue weighted by Crippen LogP contribution is -2.65. The molecule has 7 rings (SSSR count). The van der Waals surface area contributed by atoms with Crippen molar-refractivity contribution < 1.29 is 109 Å². The van der Waals surface area contributed by atoms with E-state index in [1.165, 1.54) is 13.0 Å². The van der Waals surface area contributed by atoms with Crippen LogP contribution in [-0.4, -0.2) is 191 Å². The minimum Gasteiger partial charge on any atom is -0.508 e. The van der Waals surface area contributed by atoms with E-state index in [1.807, 2.05) is 0 Å². The van der Waals surface area contributed by atoms with Gasteiger partial charge in [0.2, 0.25) is 17.5 Å². The lowest BCUT2D eigenvalue weighted by Gasteiger charge is -2.47. The Morgan fingerprint density at radius 1 is 0.667 bits per heavy atom. The molecule has 0 bridgehead atoms. The predicted octanol–water partition coefficient (Wildman–Crippen LogP) is -3.73. The van der Waals surface area contributed by atoms with Gasteiger partial charge < -0.3 is 109 Å². The Morgan fingerprint density at radius 2 is 1.38 bits per heavy atom. The van der Waals surface area contributed by atoms with Crippen LogP contribution < -0.4 is 10.2 Å². The summed E-state index contributed by atoms with van der Waals surface area (Å²) in [4.78, 5) is 14.2. The first kappa shape index (κ1) is 44.1. The third kappa shape index (κ3) is 8.71. The summed E-state index contributed by atoms with van der Waals surface area (Å²) in [6, 6.07) is 5.15. The van der Waals surface area contributed by atoms with Gasteiger partial charge >= 0.3 is 0 Å². The fourth-order valence-corrected chi connectivity index (χ4v) is 7.22. The van der Waals surface area contributed by atoms with Crippen molar-refractivity contribution in [1.29, 1.82) is 0 Å². The maximum atomic E-state index is 14.2. The molecular formula is C37H46O23. The molecule has 13 N–H and O–H groups in total. The normalized spacial score (nSPS) is 38.8. The van der Waals surface area contributed by atoms with Gasteiger partial charge in [0.05, 0.1) is 32.0 Å². The summed E-state index contributed by atoms with van der Waals surface area (Å²) in [5.74, 6) is -3.61. The van der Waals surface area contributed by atoms with E-state index in [9.17, 15) is 71.2 Å². The van der Waals surface area contributed by atoms with E-state index in [1.54, 1.807) is 0 Å². The van der Waals surface area contributed by atoms with E-state index in [0.717, 1.165) is 24.3 Å². The third-order valence-electron chi connectivity index (χ3n) is 10.6. The number of benzene rings is 2. The summed E-state index contributed by atoms with van der Waals surface area (Å²) in [6.45, 7) is -0.00972. The highest BCUT2D eigenvalue weighted by atomic mass is 16.8. The molecule has 60 heavy (non-hydrogen) atoms. The molecule has 2 aromatic carbocycles. The van der Waals surface area contributed by atoms with Crippen molar-refractivity contribution in [2.75, 3.05) is 19.8 Å². The van der Waals surface area contributed by atoms with E-state index < -0.39 is 163 Å². The number of phenols is 4. The molecule has 4 aliphatic heterocycles. The van der Waals surface area contributed by atoms with Crippen molar-refractivity contribution in [3.05, 3.63) is 40.6 Å². The molecule has 5 heterocycles. The van der Waals surface area contributed by atoms with E-state index in [0.29, 0.717) is 0 Å². The lowest BCUT2D eigenvalue weighted by atomic mass is 9.97.